The standard InChI is InChI=1S/C22H30ClN3O3/c1-7-9-26(13-28-8-2)18-12-16(5)25-22(19(18)21(27)24-6)29-20-14(3)10-17(23)11-15(20)4/h10-12H,7-9,13H2,1-6H3,(H,24,27). The van der Waals surface area contributed by atoms with Gasteiger partial charge in [-0.2, -0.15) is 0 Å². The molecule has 1 aromatic heterocycles. The van der Waals surface area contributed by atoms with Crippen LogP contribution in [0, 0.1) is 20.8 Å². The molecule has 0 unspecified atom stereocenters. The van der Waals surface area contributed by atoms with E-state index in [1.165, 1.54) is 0 Å². The SMILES string of the molecule is CCCN(COCC)c1cc(C)nc(Oc2c(C)cc(Cl)cc2C)c1C(=O)NC. The summed E-state index contributed by atoms with van der Waals surface area (Å²) in [5.41, 5.74) is 3.64. The molecule has 1 amide bonds. The van der Waals surface area contributed by atoms with Crippen LogP contribution in [0.1, 0.15) is 47.4 Å². The van der Waals surface area contributed by atoms with Gasteiger partial charge in [0.25, 0.3) is 5.91 Å². The monoisotopic (exact) mass is 419 g/mol. The van der Waals surface area contributed by atoms with E-state index in [1.807, 2.05) is 50.8 Å². The highest BCUT2D eigenvalue weighted by molar-refractivity contribution is 6.30. The van der Waals surface area contributed by atoms with Crippen molar-refractivity contribution in [3.8, 4) is 11.6 Å². The number of anilines is 1. The van der Waals surface area contributed by atoms with Gasteiger partial charge in [-0.05, 0) is 63.4 Å². The van der Waals surface area contributed by atoms with Gasteiger partial charge in [0.1, 0.15) is 18.0 Å². The Hall–Kier alpha value is -2.31. The minimum absolute atomic E-state index is 0.260. The molecule has 2 rings (SSSR count). The zero-order chi connectivity index (χ0) is 21.6. The average molecular weight is 420 g/mol. The Bertz CT molecular complexity index is 848. The van der Waals surface area contributed by atoms with Crippen molar-refractivity contribution in [2.75, 3.05) is 31.8 Å². The first kappa shape index (κ1) is 23.0. The first-order valence-electron chi connectivity index (χ1n) is 9.83. The summed E-state index contributed by atoms with van der Waals surface area (Å²) in [6, 6.07) is 5.56. The number of aromatic nitrogens is 1. The van der Waals surface area contributed by atoms with Crippen LogP contribution in [0.4, 0.5) is 5.69 Å². The van der Waals surface area contributed by atoms with Gasteiger partial charge in [-0.1, -0.05) is 18.5 Å². The number of amides is 1. The number of hydrogen-bond donors (Lipinski definition) is 1. The largest absolute Gasteiger partial charge is 0.438 e. The molecule has 1 aromatic carbocycles. The number of ether oxygens (including phenoxy) is 2. The Kier molecular flexibility index (Phi) is 8.29. The Morgan fingerprint density at radius 1 is 1.17 bits per heavy atom. The second-order valence-electron chi connectivity index (χ2n) is 6.90. The van der Waals surface area contributed by atoms with Crippen molar-refractivity contribution < 1.29 is 14.3 Å². The van der Waals surface area contributed by atoms with Crippen molar-refractivity contribution >= 4 is 23.2 Å². The van der Waals surface area contributed by atoms with Gasteiger partial charge in [0.2, 0.25) is 5.88 Å². The number of benzene rings is 1. The number of carbonyl (C=O) groups is 1. The molecule has 0 aliphatic heterocycles. The maximum atomic E-state index is 12.8. The summed E-state index contributed by atoms with van der Waals surface area (Å²) in [7, 11) is 1.60. The Labute approximate surface area is 178 Å². The van der Waals surface area contributed by atoms with Gasteiger partial charge >= 0.3 is 0 Å². The molecule has 158 valence electrons. The van der Waals surface area contributed by atoms with Crippen molar-refractivity contribution in [1.29, 1.82) is 0 Å². The lowest BCUT2D eigenvalue weighted by Gasteiger charge is -2.27. The zero-order valence-electron chi connectivity index (χ0n) is 18.1. The minimum Gasteiger partial charge on any atom is -0.438 e. The summed E-state index contributed by atoms with van der Waals surface area (Å²) in [4.78, 5) is 19.4. The van der Waals surface area contributed by atoms with E-state index in [2.05, 4.69) is 17.2 Å². The molecule has 0 aliphatic carbocycles. The van der Waals surface area contributed by atoms with Gasteiger partial charge in [0.05, 0.1) is 5.69 Å². The predicted octanol–water partition coefficient (Wildman–Crippen LogP) is 5.02. The normalized spacial score (nSPS) is 10.7. The third-order valence-corrected chi connectivity index (χ3v) is 4.68. The second kappa shape index (κ2) is 10.5. The van der Waals surface area contributed by atoms with E-state index in [9.17, 15) is 4.79 Å². The van der Waals surface area contributed by atoms with Crippen LogP contribution in [-0.4, -0.2) is 37.8 Å². The molecule has 0 aliphatic rings. The van der Waals surface area contributed by atoms with Crippen LogP contribution in [-0.2, 0) is 4.74 Å². The molecule has 0 fully saturated rings. The fourth-order valence-electron chi connectivity index (χ4n) is 3.17. The Morgan fingerprint density at radius 2 is 1.83 bits per heavy atom. The number of halogens is 1. The molecule has 29 heavy (non-hydrogen) atoms. The molecule has 1 heterocycles. The lowest BCUT2D eigenvalue weighted by molar-refractivity contribution is 0.0959. The van der Waals surface area contributed by atoms with Gasteiger partial charge in [0.15, 0.2) is 0 Å². The lowest BCUT2D eigenvalue weighted by Crippen LogP contribution is -2.31. The number of rotatable bonds is 9. The van der Waals surface area contributed by atoms with Crippen molar-refractivity contribution in [2.24, 2.45) is 0 Å². The first-order valence-corrected chi connectivity index (χ1v) is 10.2. The molecule has 7 heteroatoms. The van der Waals surface area contributed by atoms with Gasteiger partial charge in [-0.25, -0.2) is 4.98 Å². The number of nitrogens with one attached hydrogen (secondary N) is 1. The van der Waals surface area contributed by atoms with Crippen LogP contribution in [0.2, 0.25) is 5.02 Å². The first-order chi connectivity index (χ1) is 13.8. The lowest BCUT2D eigenvalue weighted by atomic mass is 10.1. The highest BCUT2D eigenvalue weighted by Crippen LogP contribution is 2.36. The third-order valence-electron chi connectivity index (χ3n) is 4.46. The topological polar surface area (TPSA) is 63.7 Å². The van der Waals surface area contributed by atoms with Crippen molar-refractivity contribution in [2.45, 2.75) is 41.0 Å². The fourth-order valence-corrected chi connectivity index (χ4v) is 3.50. The number of nitrogens with zero attached hydrogens (tertiary/aromatic N) is 2. The van der Waals surface area contributed by atoms with Crippen LogP contribution in [0.5, 0.6) is 11.6 Å². The van der Waals surface area contributed by atoms with Crippen molar-refractivity contribution in [3.63, 3.8) is 0 Å². The summed E-state index contributed by atoms with van der Waals surface area (Å²) in [5, 5.41) is 3.35. The molecular weight excluding hydrogens is 390 g/mol. The summed E-state index contributed by atoms with van der Waals surface area (Å²) in [5.74, 6) is 0.658. The third kappa shape index (κ3) is 5.61. The van der Waals surface area contributed by atoms with Crippen LogP contribution in [0.25, 0.3) is 0 Å². The predicted molar refractivity (Wildman–Crippen MR) is 117 cm³/mol. The van der Waals surface area contributed by atoms with Crippen LogP contribution < -0.4 is 15.0 Å². The van der Waals surface area contributed by atoms with Gasteiger partial charge in [-0.15, -0.1) is 0 Å². The summed E-state index contributed by atoms with van der Waals surface area (Å²) in [6.45, 7) is 11.5. The van der Waals surface area contributed by atoms with Gasteiger partial charge in [-0.3, -0.25) is 4.79 Å². The van der Waals surface area contributed by atoms with E-state index in [0.29, 0.717) is 29.7 Å². The molecular formula is C22H30ClN3O3. The maximum absolute atomic E-state index is 12.8. The highest BCUT2D eigenvalue weighted by Gasteiger charge is 2.24. The Balaban J connectivity index is 2.63. The summed E-state index contributed by atoms with van der Waals surface area (Å²) in [6.07, 6.45) is 0.910. The van der Waals surface area contributed by atoms with Gasteiger partial charge < -0.3 is 19.7 Å². The van der Waals surface area contributed by atoms with Crippen molar-refractivity contribution in [1.82, 2.24) is 10.3 Å². The van der Waals surface area contributed by atoms with E-state index in [0.717, 1.165) is 35.5 Å². The zero-order valence-corrected chi connectivity index (χ0v) is 18.8. The van der Waals surface area contributed by atoms with Crippen LogP contribution in [0.15, 0.2) is 18.2 Å². The Morgan fingerprint density at radius 3 is 2.38 bits per heavy atom. The molecule has 0 saturated carbocycles. The van der Waals surface area contributed by atoms with Gasteiger partial charge in [0, 0.05) is 30.9 Å². The van der Waals surface area contributed by atoms with E-state index in [-0.39, 0.29) is 11.8 Å². The molecule has 0 saturated heterocycles. The number of aryl methyl sites for hydroxylation is 3. The maximum Gasteiger partial charge on any atom is 0.258 e. The quantitative estimate of drug-likeness (QED) is 0.578. The van der Waals surface area contributed by atoms with E-state index in [4.69, 9.17) is 21.1 Å². The van der Waals surface area contributed by atoms with E-state index < -0.39 is 0 Å². The number of hydrogen-bond acceptors (Lipinski definition) is 5. The van der Waals surface area contributed by atoms with E-state index in [1.54, 1.807) is 7.05 Å². The van der Waals surface area contributed by atoms with E-state index >= 15 is 0 Å². The smallest absolute Gasteiger partial charge is 0.258 e. The molecule has 0 atom stereocenters. The average Bonchev–Trinajstić information content (AvgIpc) is 2.66. The highest BCUT2D eigenvalue weighted by atomic mass is 35.5. The second-order valence-corrected chi connectivity index (χ2v) is 7.33. The van der Waals surface area contributed by atoms with Crippen LogP contribution >= 0.6 is 11.6 Å². The summed E-state index contributed by atoms with van der Waals surface area (Å²) >= 11 is 6.15. The van der Waals surface area contributed by atoms with Crippen molar-refractivity contribution in [3.05, 3.63) is 45.6 Å². The molecule has 0 bridgehead atoms. The molecule has 0 spiro atoms. The fraction of sp³-hybridized carbons (Fsp3) is 0.455. The molecule has 2 aromatic rings. The number of pyridine rings is 1. The minimum atomic E-state index is -0.260. The molecule has 1 N–H and O–H groups in total. The van der Waals surface area contributed by atoms with Crippen LogP contribution in [0.3, 0.4) is 0 Å². The molecule has 0 radical (unpaired) electrons. The number of carbonyl (C=O) groups excluding carboxylic acids is 1. The summed E-state index contributed by atoms with van der Waals surface area (Å²) < 4.78 is 11.8. The molecule has 6 nitrogen and oxygen atoms in total.